The summed E-state index contributed by atoms with van der Waals surface area (Å²) in [4.78, 5) is 2.38. The molecule has 21 heavy (non-hydrogen) atoms. The van der Waals surface area contributed by atoms with Gasteiger partial charge >= 0.3 is 0 Å². The van der Waals surface area contributed by atoms with Gasteiger partial charge in [-0.15, -0.1) is 0 Å². The first-order valence-corrected chi connectivity index (χ1v) is 7.70. The van der Waals surface area contributed by atoms with Gasteiger partial charge in [-0.1, -0.05) is 36.4 Å². The molecule has 0 bridgehead atoms. The standard InChI is InChI=1S/C18H26N2O/c1-3-20(13-7-12-18(2,19)14-21)17-11-6-9-15-8-4-5-10-16(15)17/h4-6,8-11,21H,3,7,12-14,19H2,1-2H3. The van der Waals surface area contributed by atoms with Crippen molar-refractivity contribution in [3.8, 4) is 0 Å². The Morgan fingerprint density at radius 3 is 2.57 bits per heavy atom. The smallest absolute Gasteiger partial charge is 0.0608 e. The Morgan fingerprint density at radius 2 is 1.86 bits per heavy atom. The minimum Gasteiger partial charge on any atom is -0.394 e. The van der Waals surface area contributed by atoms with Gasteiger partial charge in [0.15, 0.2) is 0 Å². The van der Waals surface area contributed by atoms with Crippen LogP contribution in [0.4, 0.5) is 5.69 Å². The molecule has 1 unspecified atom stereocenters. The molecule has 2 aromatic rings. The Labute approximate surface area is 127 Å². The molecule has 2 aromatic carbocycles. The molecule has 3 heteroatoms. The van der Waals surface area contributed by atoms with Gasteiger partial charge < -0.3 is 15.7 Å². The van der Waals surface area contributed by atoms with E-state index in [-0.39, 0.29) is 6.61 Å². The summed E-state index contributed by atoms with van der Waals surface area (Å²) in [6.07, 6.45) is 1.80. The van der Waals surface area contributed by atoms with Crippen LogP contribution in [-0.2, 0) is 0 Å². The van der Waals surface area contributed by atoms with Crippen molar-refractivity contribution in [3.63, 3.8) is 0 Å². The largest absolute Gasteiger partial charge is 0.394 e. The molecule has 0 fully saturated rings. The van der Waals surface area contributed by atoms with E-state index in [1.165, 1.54) is 16.5 Å². The van der Waals surface area contributed by atoms with Crippen LogP contribution in [0.25, 0.3) is 10.8 Å². The van der Waals surface area contributed by atoms with Crippen LogP contribution in [0.15, 0.2) is 42.5 Å². The van der Waals surface area contributed by atoms with Crippen LogP contribution in [0.1, 0.15) is 26.7 Å². The summed E-state index contributed by atoms with van der Waals surface area (Å²) in [5.41, 5.74) is 6.81. The zero-order valence-corrected chi connectivity index (χ0v) is 13.0. The highest BCUT2D eigenvalue weighted by molar-refractivity contribution is 5.94. The van der Waals surface area contributed by atoms with E-state index in [2.05, 4.69) is 54.3 Å². The number of benzene rings is 2. The van der Waals surface area contributed by atoms with Gasteiger partial charge in [0, 0.05) is 29.7 Å². The topological polar surface area (TPSA) is 49.5 Å². The third kappa shape index (κ3) is 3.96. The van der Waals surface area contributed by atoms with E-state index in [4.69, 9.17) is 5.73 Å². The summed E-state index contributed by atoms with van der Waals surface area (Å²) < 4.78 is 0. The van der Waals surface area contributed by atoms with Gasteiger partial charge in [-0.2, -0.15) is 0 Å². The number of aliphatic hydroxyl groups excluding tert-OH is 1. The van der Waals surface area contributed by atoms with Crippen LogP contribution < -0.4 is 10.6 Å². The summed E-state index contributed by atoms with van der Waals surface area (Å²) in [6.45, 7) is 6.04. The zero-order valence-electron chi connectivity index (χ0n) is 13.0. The van der Waals surface area contributed by atoms with Crippen molar-refractivity contribution in [3.05, 3.63) is 42.5 Å². The van der Waals surface area contributed by atoms with Crippen molar-refractivity contribution in [2.45, 2.75) is 32.2 Å². The molecule has 1 atom stereocenters. The van der Waals surface area contributed by atoms with Crippen molar-refractivity contribution < 1.29 is 5.11 Å². The Morgan fingerprint density at radius 1 is 1.14 bits per heavy atom. The van der Waals surface area contributed by atoms with Gasteiger partial charge in [0.25, 0.3) is 0 Å². The number of rotatable bonds is 7. The minimum absolute atomic E-state index is 0.0351. The molecule has 114 valence electrons. The average molecular weight is 286 g/mol. The molecular formula is C18H26N2O. The molecule has 3 N–H and O–H groups in total. The van der Waals surface area contributed by atoms with E-state index >= 15 is 0 Å². The molecule has 3 nitrogen and oxygen atoms in total. The Bertz CT molecular complexity index is 575. The summed E-state index contributed by atoms with van der Waals surface area (Å²) in [5, 5.41) is 11.8. The summed E-state index contributed by atoms with van der Waals surface area (Å²) in [5.74, 6) is 0. The first kappa shape index (κ1) is 15.8. The SMILES string of the molecule is CCN(CCCC(C)(N)CO)c1cccc2ccccc12. The van der Waals surface area contributed by atoms with E-state index in [1.807, 2.05) is 6.92 Å². The van der Waals surface area contributed by atoms with Crippen LogP contribution in [0.3, 0.4) is 0 Å². The second kappa shape index (κ2) is 6.92. The monoisotopic (exact) mass is 286 g/mol. The number of fused-ring (bicyclic) bond motifs is 1. The van der Waals surface area contributed by atoms with Gasteiger partial charge in [-0.25, -0.2) is 0 Å². The first-order valence-electron chi connectivity index (χ1n) is 7.70. The van der Waals surface area contributed by atoms with Crippen molar-refractivity contribution in [2.75, 3.05) is 24.6 Å². The van der Waals surface area contributed by atoms with Crippen molar-refractivity contribution in [2.24, 2.45) is 5.73 Å². The number of hydrogen-bond donors (Lipinski definition) is 2. The molecule has 0 aromatic heterocycles. The predicted octanol–water partition coefficient (Wildman–Crippen LogP) is 3.16. The Balaban J connectivity index is 2.13. The lowest BCUT2D eigenvalue weighted by atomic mass is 9.98. The molecule has 0 amide bonds. The van der Waals surface area contributed by atoms with E-state index in [0.717, 1.165) is 25.9 Å². The lowest BCUT2D eigenvalue weighted by Crippen LogP contribution is -2.40. The number of nitrogens with two attached hydrogens (primary N) is 1. The summed E-state index contributed by atoms with van der Waals surface area (Å²) in [7, 11) is 0. The molecule has 0 saturated heterocycles. The summed E-state index contributed by atoms with van der Waals surface area (Å²) >= 11 is 0. The summed E-state index contributed by atoms with van der Waals surface area (Å²) in [6, 6.07) is 14.9. The fraction of sp³-hybridized carbons (Fsp3) is 0.444. The van der Waals surface area contributed by atoms with Crippen LogP contribution >= 0.6 is 0 Å². The molecule has 0 saturated carbocycles. The van der Waals surface area contributed by atoms with Gasteiger partial charge in [0.1, 0.15) is 0 Å². The third-order valence-electron chi connectivity index (χ3n) is 4.03. The molecule has 0 heterocycles. The molecule has 2 rings (SSSR count). The molecular weight excluding hydrogens is 260 g/mol. The molecule has 0 radical (unpaired) electrons. The zero-order chi connectivity index (χ0) is 15.3. The first-order chi connectivity index (χ1) is 10.1. The number of hydrogen-bond acceptors (Lipinski definition) is 3. The molecule has 0 aliphatic rings. The number of nitrogens with zero attached hydrogens (tertiary/aromatic N) is 1. The highest BCUT2D eigenvalue weighted by Crippen LogP contribution is 2.27. The quantitative estimate of drug-likeness (QED) is 0.822. The minimum atomic E-state index is -0.474. The van der Waals surface area contributed by atoms with E-state index in [1.54, 1.807) is 0 Å². The van der Waals surface area contributed by atoms with Crippen LogP contribution in [0.2, 0.25) is 0 Å². The van der Waals surface area contributed by atoms with Gasteiger partial charge in [0.05, 0.1) is 6.61 Å². The number of anilines is 1. The maximum absolute atomic E-state index is 9.24. The average Bonchev–Trinajstić information content (AvgIpc) is 2.51. The van der Waals surface area contributed by atoms with Crippen LogP contribution in [0, 0.1) is 0 Å². The lowest BCUT2D eigenvalue weighted by Gasteiger charge is -2.27. The Hall–Kier alpha value is -1.58. The lowest BCUT2D eigenvalue weighted by molar-refractivity contribution is 0.198. The highest BCUT2D eigenvalue weighted by Gasteiger charge is 2.17. The predicted molar refractivity (Wildman–Crippen MR) is 90.7 cm³/mol. The normalized spacial score (nSPS) is 14.1. The molecule has 0 aliphatic carbocycles. The second-order valence-corrected chi connectivity index (χ2v) is 5.99. The van der Waals surface area contributed by atoms with E-state index in [9.17, 15) is 5.11 Å². The third-order valence-corrected chi connectivity index (χ3v) is 4.03. The Kier molecular flexibility index (Phi) is 5.21. The van der Waals surface area contributed by atoms with Gasteiger partial charge in [0.2, 0.25) is 0 Å². The number of aliphatic hydroxyl groups is 1. The van der Waals surface area contributed by atoms with Gasteiger partial charge in [-0.3, -0.25) is 0 Å². The fourth-order valence-electron chi connectivity index (χ4n) is 2.69. The van der Waals surface area contributed by atoms with Crippen molar-refractivity contribution in [1.82, 2.24) is 0 Å². The van der Waals surface area contributed by atoms with Gasteiger partial charge in [-0.05, 0) is 38.1 Å². The van der Waals surface area contributed by atoms with E-state index in [0.29, 0.717) is 0 Å². The van der Waals surface area contributed by atoms with Crippen LogP contribution in [0.5, 0.6) is 0 Å². The fourth-order valence-corrected chi connectivity index (χ4v) is 2.69. The van der Waals surface area contributed by atoms with E-state index < -0.39 is 5.54 Å². The van der Waals surface area contributed by atoms with Crippen molar-refractivity contribution in [1.29, 1.82) is 0 Å². The van der Waals surface area contributed by atoms with Crippen molar-refractivity contribution >= 4 is 16.5 Å². The van der Waals surface area contributed by atoms with Crippen LogP contribution in [-0.4, -0.2) is 30.3 Å². The molecule has 0 spiro atoms. The maximum Gasteiger partial charge on any atom is 0.0608 e. The highest BCUT2D eigenvalue weighted by atomic mass is 16.3. The maximum atomic E-state index is 9.24. The molecule has 0 aliphatic heterocycles. The second-order valence-electron chi connectivity index (χ2n) is 5.99.